The second-order valence-electron chi connectivity index (χ2n) is 8.93. The first-order valence-corrected chi connectivity index (χ1v) is 11.2. The summed E-state index contributed by atoms with van der Waals surface area (Å²) in [5, 5.41) is 0. The Morgan fingerprint density at radius 3 is 2.34 bits per heavy atom. The Bertz CT molecular complexity index is 1120. The van der Waals surface area contributed by atoms with Gasteiger partial charge in [-0.3, -0.25) is 4.79 Å². The minimum Gasteiger partial charge on any atom is -0.458 e. The molecule has 3 heterocycles. The van der Waals surface area contributed by atoms with Crippen molar-refractivity contribution >= 4 is 22.9 Å². The van der Waals surface area contributed by atoms with Gasteiger partial charge in [-0.25, -0.2) is 9.18 Å². The molecule has 1 aliphatic heterocycles. The van der Waals surface area contributed by atoms with Gasteiger partial charge in [0.15, 0.2) is 0 Å². The number of halogens is 1. The van der Waals surface area contributed by atoms with E-state index in [1.165, 1.54) is 12.1 Å². The molecular formula is C25H30FN3O3. The van der Waals surface area contributed by atoms with E-state index in [4.69, 9.17) is 4.74 Å². The van der Waals surface area contributed by atoms with Crippen molar-refractivity contribution in [2.75, 3.05) is 0 Å². The number of nitrogens with zero attached hydrogens (tertiary/aromatic N) is 3. The fourth-order valence-corrected chi connectivity index (χ4v) is 4.71. The third kappa shape index (κ3) is 4.16. The average molecular weight is 440 g/mol. The molecule has 3 aromatic rings. The summed E-state index contributed by atoms with van der Waals surface area (Å²) >= 11 is 0. The Balaban J connectivity index is 1.76. The maximum absolute atomic E-state index is 13.4. The molecule has 0 saturated carbocycles. The lowest BCUT2D eigenvalue weighted by Gasteiger charge is -2.39. The highest BCUT2D eigenvalue weighted by Gasteiger charge is 2.30. The van der Waals surface area contributed by atoms with Crippen LogP contribution in [0.15, 0.2) is 42.6 Å². The van der Waals surface area contributed by atoms with Crippen molar-refractivity contribution in [3.63, 3.8) is 0 Å². The summed E-state index contributed by atoms with van der Waals surface area (Å²) in [6.45, 7) is 7.82. The highest BCUT2D eigenvalue weighted by molar-refractivity contribution is 5.96. The second kappa shape index (κ2) is 8.81. The van der Waals surface area contributed by atoms with E-state index in [2.05, 4.69) is 13.8 Å². The van der Waals surface area contributed by atoms with E-state index in [0.717, 1.165) is 36.0 Å². The number of esters is 1. The van der Waals surface area contributed by atoms with Crippen molar-refractivity contribution in [1.82, 2.24) is 14.0 Å². The number of benzene rings is 1. The smallest absolute Gasteiger partial charge is 0.355 e. The first-order chi connectivity index (χ1) is 15.3. The van der Waals surface area contributed by atoms with Crippen molar-refractivity contribution in [2.24, 2.45) is 0 Å². The SMILES string of the molecule is CC(C)OC(=O)c1cc2c(ccn2-c2ccc(F)cc2)n1CC(=O)N1[C@H](C)CCC[C@H]1C. The van der Waals surface area contributed by atoms with Gasteiger partial charge in [-0.1, -0.05) is 0 Å². The molecule has 0 radical (unpaired) electrons. The monoisotopic (exact) mass is 439 g/mol. The van der Waals surface area contributed by atoms with Crippen LogP contribution in [0, 0.1) is 5.82 Å². The Hall–Kier alpha value is -3.09. The largest absolute Gasteiger partial charge is 0.458 e. The van der Waals surface area contributed by atoms with Gasteiger partial charge in [-0.05, 0) is 83.4 Å². The van der Waals surface area contributed by atoms with E-state index >= 15 is 0 Å². The summed E-state index contributed by atoms with van der Waals surface area (Å²) in [6.07, 6.45) is 4.68. The van der Waals surface area contributed by atoms with Crippen LogP contribution in [0.5, 0.6) is 0 Å². The van der Waals surface area contributed by atoms with Crippen molar-refractivity contribution in [1.29, 1.82) is 0 Å². The van der Waals surface area contributed by atoms with Crippen LogP contribution in [0.4, 0.5) is 4.39 Å². The van der Waals surface area contributed by atoms with Gasteiger partial charge < -0.3 is 18.8 Å². The predicted molar refractivity (Wildman–Crippen MR) is 121 cm³/mol. The van der Waals surface area contributed by atoms with Crippen LogP contribution in [0.2, 0.25) is 0 Å². The van der Waals surface area contributed by atoms with Crippen LogP contribution in [-0.4, -0.2) is 44.1 Å². The molecule has 1 aliphatic rings. The lowest BCUT2D eigenvalue weighted by atomic mass is 9.97. The van der Waals surface area contributed by atoms with Crippen LogP contribution in [0.1, 0.15) is 57.4 Å². The summed E-state index contributed by atoms with van der Waals surface area (Å²) < 4.78 is 22.5. The minimum absolute atomic E-state index is 0.00432. The molecule has 0 unspecified atom stereocenters. The standard InChI is InChI=1S/C25H30FN3O3/c1-16(2)32-25(31)23-14-22-21(12-13-27(22)20-10-8-19(26)9-11-20)28(23)15-24(30)29-17(3)6-5-7-18(29)4/h8-14,16-18H,5-7,15H2,1-4H3/t17-,18-/m1/s1. The summed E-state index contributed by atoms with van der Waals surface area (Å²) in [6, 6.07) is 10.1. The fourth-order valence-electron chi connectivity index (χ4n) is 4.71. The van der Waals surface area contributed by atoms with Gasteiger partial charge in [-0.15, -0.1) is 0 Å². The van der Waals surface area contributed by atoms with Gasteiger partial charge in [0.05, 0.1) is 17.1 Å². The number of rotatable bonds is 5. The summed E-state index contributed by atoms with van der Waals surface area (Å²) in [5.41, 5.74) is 2.63. The molecule has 1 fully saturated rings. The number of piperidine rings is 1. The summed E-state index contributed by atoms with van der Waals surface area (Å²) in [4.78, 5) is 28.2. The number of amides is 1. The Kier molecular flexibility index (Phi) is 6.09. The molecule has 0 aliphatic carbocycles. The Morgan fingerprint density at radius 2 is 1.72 bits per heavy atom. The second-order valence-corrected chi connectivity index (χ2v) is 8.93. The fraction of sp³-hybridized carbons (Fsp3) is 0.440. The van der Waals surface area contributed by atoms with E-state index < -0.39 is 5.97 Å². The third-order valence-corrected chi connectivity index (χ3v) is 6.19. The lowest BCUT2D eigenvalue weighted by Crippen LogP contribution is -2.48. The molecule has 1 saturated heterocycles. The molecule has 7 heteroatoms. The minimum atomic E-state index is -0.464. The Labute approximate surface area is 187 Å². The summed E-state index contributed by atoms with van der Waals surface area (Å²) in [5.74, 6) is -0.781. The van der Waals surface area contributed by atoms with Gasteiger partial charge >= 0.3 is 5.97 Å². The number of hydrogen-bond donors (Lipinski definition) is 0. The van der Waals surface area contributed by atoms with Gasteiger partial charge in [0, 0.05) is 24.0 Å². The number of hydrogen-bond acceptors (Lipinski definition) is 3. The van der Waals surface area contributed by atoms with Gasteiger partial charge in [0.2, 0.25) is 5.91 Å². The molecule has 170 valence electrons. The first kappa shape index (κ1) is 22.1. The zero-order valence-electron chi connectivity index (χ0n) is 19.0. The zero-order chi connectivity index (χ0) is 23.0. The van der Waals surface area contributed by atoms with E-state index in [0.29, 0.717) is 5.69 Å². The number of ether oxygens (including phenoxy) is 1. The van der Waals surface area contributed by atoms with Crippen molar-refractivity contribution in [3.05, 3.63) is 54.1 Å². The molecule has 1 amide bonds. The van der Waals surface area contributed by atoms with Gasteiger partial charge in [-0.2, -0.15) is 0 Å². The molecule has 6 nitrogen and oxygen atoms in total. The quantitative estimate of drug-likeness (QED) is 0.530. The number of carbonyl (C=O) groups excluding carboxylic acids is 2. The van der Waals surface area contributed by atoms with E-state index in [1.54, 1.807) is 36.6 Å². The third-order valence-electron chi connectivity index (χ3n) is 6.19. The predicted octanol–water partition coefficient (Wildman–Crippen LogP) is 4.93. The number of aromatic nitrogens is 2. The summed E-state index contributed by atoms with van der Waals surface area (Å²) in [7, 11) is 0. The molecule has 2 aromatic heterocycles. The van der Waals surface area contributed by atoms with E-state index in [-0.39, 0.29) is 36.5 Å². The average Bonchev–Trinajstić information content (AvgIpc) is 3.28. The molecule has 0 bridgehead atoms. The van der Waals surface area contributed by atoms with Crippen LogP contribution in [0.3, 0.4) is 0 Å². The number of likely N-dealkylation sites (tertiary alicyclic amines) is 1. The molecule has 2 atom stereocenters. The molecule has 0 N–H and O–H groups in total. The number of carbonyl (C=O) groups is 2. The molecular weight excluding hydrogens is 409 g/mol. The maximum Gasteiger partial charge on any atom is 0.355 e. The van der Waals surface area contributed by atoms with Crippen molar-refractivity contribution in [2.45, 2.75) is 71.7 Å². The molecule has 0 spiro atoms. The van der Waals surface area contributed by atoms with E-state index in [1.807, 2.05) is 21.7 Å². The van der Waals surface area contributed by atoms with Crippen LogP contribution < -0.4 is 0 Å². The molecule has 32 heavy (non-hydrogen) atoms. The normalized spacial score (nSPS) is 19.0. The highest BCUT2D eigenvalue weighted by atomic mass is 19.1. The first-order valence-electron chi connectivity index (χ1n) is 11.2. The molecule has 1 aromatic carbocycles. The van der Waals surface area contributed by atoms with Crippen molar-refractivity contribution < 1.29 is 18.7 Å². The lowest BCUT2D eigenvalue weighted by molar-refractivity contribution is -0.137. The molecule has 4 rings (SSSR count). The van der Waals surface area contributed by atoms with Crippen LogP contribution in [-0.2, 0) is 16.1 Å². The van der Waals surface area contributed by atoms with Crippen molar-refractivity contribution in [3.8, 4) is 5.69 Å². The maximum atomic E-state index is 13.4. The van der Waals surface area contributed by atoms with Crippen LogP contribution in [0.25, 0.3) is 16.7 Å². The van der Waals surface area contributed by atoms with Gasteiger partial charge in [0.25, 0.3) is 0 Å². The zero-order valence-corrected chi connectivity index (χ0v) is 19.0. The number of fused-ring (bicyclic) bond motifs is 1. The topological polar surface area (TPSA) is 56.5 Å². The van der Waals surface area contributed by atoms with Gasteiger partial charge in [0.1, 0.15) is 18.1 Å². The Morgan fingerprint density at radius 1 is 1.06 bits per heavy atom. The van der Waals surface area contributed by atoms with E-state index in [9.17, 15) is 14.0 Å². The highest BCUT2D eigenvalue weighted by Crippen LogP contribution is 2.28. The van der Waals surface area contributed by atoms with Crippen LogP contribution >= 0.6 is 0 Å².